The number of pyridine rings is 1. The number of aromatic nitrogens is 1. The largest absolute Gasteiger partial charge is 0.349 e. The molecule has 4 aliphatic rings. The molecule has 26 heavy (non-hydrogen) atoms. The number of H-pyrrole nitrogens is 1. The summed E-state index contributed by atoms with van der Waals surface area (Å²) < 4.78 is 0. The lowest BCUT2D eigenvalue weighted by Crippen LogP contribution is -2.55. The van der Waals surface area contributed by atoms with Gasteiger partial charge in [-0.25, -0.2) is 0 Å². The molecule has 1 aromatic carbocycles. The lowest BCUT2D eigenvalue weighted by atomic mass is 9.48. The van der Waals surface area contributed by atoms with E-state index in [4.69, 9.17) is 0 Å². The van der Waals surface area contributed by atoms with E-state index in [1.165, 1.54) is 44.6 Å². The molecule has 1 atom stereocenters. The highest BCUT2D eigenvalue weighted by Gasteiger charge is 2.53. The fourth-order valence-electron chi connectivity index (χ4n) is 6.53. The van der Waals surface area contributed by atoms with Crippen molar-refractivity contribution < 1.29 is 4.79 Å². The number of rotatable bonds is 3. The van der Waals surface area contributed by atoms with Gasteiger partial charge in [-0.1, -0.05) is 18.2 Å². The average Bonchev–Trinajstić information content (AvgIpc) is 2.59. The molecule has 4 bridgehead atoms. The molecule has 1 aromatic heterocycles. The van der Waals surface area contributed by atoms with Gasteiger partial charge in [-0.05, 0) is 74.7 Å². The molecule has 4 saturated carbocycles. The predicted octanol–water partition coefficient (Wildman–Crippen LogP) is 3.86. The second-order valence-electron chi connectivity index (χ2n) is 9.07. The minimum atomic E-state index is -0.226. The maximum absolute atomic E-state index is 13.1. The number of carbonyl (C=O) groups excluding carboxylic acids is 1. The molecule has 4 fully saturated rings. The van der Waals surface area contributed by atoms with Gasteiger partial charge >= 0.3 is 0 Å². The van der Waals surface area contributed by atoms with E-state index in [0.717, 1.165) is 23.1 Å². The molecule has 0 spiro atoms. The summed E-state index contributed by atoms with van der Waals surface area (Å²) in [4.78, 5) is 27.8. The Morgan fingerprint density at radius 1 is 1.12 bits per heavy atom. The van der Waals surface area contributed by atoms with Crippen LogP contribution in [0.15, 0.2) is 35.1 Å². The summed E-state index contributed by atoms with van der Waals surface area (Å²) in [6, 6.07) is 9.11. The number of carbonyl (C=O) groups is 1. The molecule has 2 aromatic rings. The van der Waals surface area contributed by atoms with Gasteiger partial charge in [0.1, 0.15) is 0 Å². The van der Waals surface area contributed by atoms with Crippen molar-refractivity contribution in [2.75, 3.05) is 0 Å². The summed E-state index contributed by atoms with van der Waals surface area (Å²) in [5, 5.41) is 4.09. The Labute approximate surface area is 153 Å². The zero-order chi connectivity index (χ0) is 17.9. The first-order valence-corrected chi connectivity index (χ1v) is 9.95. The van der Waals surface area contributed by atoms with E-state index in [-0.39, 0.29) is 22.9 Å². The summed E-state index contributed by atoms with van der Waals surface area (Å²) >= 11 is 0. The summed E-state index contributed by atoms with van der Waals surface area (Å²) in [6.07, 6.45) is 7.99. The second kappa shape index (κ2) is 5.70. The van der Waals surface area contributed by atoms with Gasteiger partial charge in [0.15, 0.2) is 0 Å². The molecule has 1 amide bonds. The van der Waals surface area contributed by atoms with Crippen LogP contribution in [0, 0.1) is 23.2 Å². The smallest absolute Gasteiger partial charge is 0.252 e. The van der Waals surface area contributed by atoms with Crippen LogP contribution >= 0.6 is 0 Å². The van der Waals surface area contributed by atoms with Crippen molar-refractivity contribution in [1.29, 1.82) is 0 Å². The second-order valence-corrected chi connectivity index (χ2v) is 9.07. The van der Waals surface area contributed by atoms with E-state index in [2.05, 4.69) is 17.2 Å². The number of aromatic amines is 1. The molecule has 0 radical (unpaired) electrons. The zero-order valence-electron chi connectivity index (χ0n) is 15.3. The van der Waals surface area contributed by atoms with Crippen LogP contribution in [-0.2, 0) is 0 Å². The van der Waals surface area contributed by atoms with Crippen molar-refractivity contribution in [2.24, 2.45) is 23.2 Å². The molecule has 0 saturated heterocycles. The Morgan fingerprint density at radius 2 is 1.73 bits per heavy atom. The number of fused-ring (bicyclic) bond motifs is 1. The first kappa shape index (κ1) is 16.1. The monoisotopic (exact) mass is 350 g/mol. The SMILES string of the molecule is C[C@H](NC(=O)c1cc(=O)[nH]c2ccccc12)C12CC3CC(CC(C3)C1)C2. The molecule has 136 valence electrons. The van der Waals surface area contributed by atoms with E-state index >= 15 is 0 Å². The van der Waals surface area contributed by atoms with Crippen molar-refractivity contribution in [3.8, 4) is 0 Å². The van der Waals surface area contributed by atoms with Gasteiger partial charge in [0.05, 0.1) is 5.56 Å². The third kappa shape index (κ3) is 2.50. The normalized spacial score (nSPS) is 33.3. The van der Waals surface area contributed by atoms with Gasteiger partial charge < -0.3 is 10.3 Å². The molecule has 4 nitrogen and oxygen atoms in total. The Morgan fingerprint density at radius 3 is 2.38 bits per heavy atom. The quantitative estimate of drug-likeness (QED) is 0.883. The van der Waals surface area contributed by atoms with Crippen LogP contribution in [0.25, 0.3) is 10.9 Å². The van der Waals surface area contributed by atoms with Gasteiger partial charge in [-0.15, -0.1) is 0 Å². The molecule has 0 unspecified atom stereocenters. The summed E-state index contributed by atoms with van der Waals surface area (Å²) in [5.74, 6) is 2.47. The van der Waals surface area contributed by atoms with E-state index in [9.17, 15) is 9.59 Å². The van der Waals surface area contributed by atoms with Crippen LogP contribution in [0.5, 0.6) is 0 Å². The highest BCUT2D eigenvalue weighted by molar-refractivity contribution is 6.06. The molecular formula is C22H26N2O2. The predicted molar refractivity (Wildman–Crippen MR) is 102 cm³/mol. The van der Waals surface area contributed by atoms with E-state index in [1.807, 2.05) is 24.3 Å². The van der Waals surface area contributed by atoms with Crippen LogP contribution in [0.3, 0.4) is 0 Å². The number of benzene rings is 1. The fraction of sp³-hybridized carbons (Fsp3) is 0.545. The Bertz CT molecular complexity index is 894. The Hall–Kier alpha value is -2.10. The van der Waals surface area contributed by atoms with Crippen molar-refractivity contribution in [1.82, 2.24) is 10.3 Å². The van der Waals surface area contributed by atoms with Crippen molar-refractivity contribution in [3.05, 3.63) is 46.2 Å². The van der Waals surface area contributed by atoms with Crippen LogP contribution in [0.4, 0.5) is 0 Å². The van der Waals surface area contributed by atoms with E-state index < -0.39 is 0 Å². The maximum Gasteiger partial charge on any atom is 0.252 e. The average molecular weight is 350 g/mol. The van der Waals surface area contributed by atoms with E-state index in [1.54, 1.807) is 0 Å². The number of para-hydroxylation sites is 1. The van der Waals surface area contributed by atoms with Crippen LogP contribution < -0.4 is 10.9 Å². The van der Waals surface area contributed by atoms with Gasteiger partial charge in [0.2, 0.25) is 5.56 Å². The molecule has 1 heterocycles. The third-order valence-corrected chi connectivity index (χ3v) is 7.35. The summed E-state index contributed by atoms with van der Waals surface area (Å²) in [7, 11) is 0. The molecule has 0 aliphatic heterocycles. The standard InChI is InChI=1S/C22H26N2O2/c1-13(22-10-14-6-15(11-22)8-16(7-14)12-22)23-21(26)18-9-20(25)24-19-5-3-2-4-17(18)19/h2-5,9,13-16H,6-8,10-12H2,1H3,(H,23,26)(H,24,25)/t13-,14?,15?,16?,22?/m0/s1. The molecule has 4 heteroatoms. The molecule has 6 rings (SSSR count). The highest BCUT2D eigenvalue weighted by atomic mass is 16.2. The van der Waals surface area contributed by atoms with Crippen LogP contribution in [0.1, 0.15) is 55.8 Å². The van der Waals surface area contributed by atoms with Gasteiger partial charge in [0, 0.05) is 23.0 Å². The number of hydrogen-bond acceptors (Lipinski definition) is 2. The lowest BCUT2D eigenvalue weighted by Gasteiger charge is -2.59. The maximum atomic E-state index is 13.1. The van der Waals surface area contributed by atoms with Crippen molar-refractivity contribution >= 4 is 16.8 Å². The summed E-state index contributed by atoms with van der Waals surface area (Å²) in [5.41, 5.74) is 1.24. The first-order chi connectivity index (χ1) is 12.5. The van der Waals surface area contributed by atoms with Gasteiger partial charge in [-0.3, -0.25) is 9.59 Å². The van der Waals surface area contributed by atoms with Crippen LogP contribution in [0.2, 0.25) is 0 Å². The first-order valence-electron chi connectivity index (χ1n) is 9.95. The minimum absolute atomic E-state index is 0.115. The molecule has 2 N–H and O–H groups in total. The lowest BCUT2D eigenvalue weighted by molar-refractivity contribution is -0.0687. The topological polar surface area (TPSA) is 62.0 Å². The third-order valence-electron chi connectivity index (χ3n) is 7.35. The van der Waals surface area contributed by atoms with Crippen LogP contribution in [-0.4, -0.2) is 16.9 Å². The number of amides is 1. The Kier molecular flexibility index (Phi) is 3.53. The fourth-order valence-corrected chi connectivity index (χ4v) is 6.53. The number of hydrogen-bond donors (Lipinski definition) is 2. The number of nitrogens with one attached hydrogen (secondary N) is 2. The van der Waals surface area contributed by atoms with Crippen molar-refractivity contribution in [3.63, 3.8) is 0 Å². The van der Waals surface area contributed by atoms with E-state index in [0.29, 0.717) is 11.1 Å². The Balaban J connectivity index is 1.43. The summed E-state index contributed by atoms with van der Waals surface area (Å²) in [6.45, 7) is 2.18. The van der Waals surface area contributed by atoms with Gasteiger partial charge in [0.25, 0.3) is 5.91 Å². The van der Waals surface area contributed by atoms with Gasteiger partial charge in [-0.2, -0.15) is 0 Å². The minimum Gasteiger partial charge on any atom is -0.349 e. The highest BCUT2D eigenvalue weighted by Crippen LogP contribution is 2.61. The van der Waals surface area contributed by atoms with Crippen molar-refractivity contribution in [2.45, 2.75) is 51.5 Å². The molecule has 4 aliphatic carbocycles. The molecular weight excluding hydrogens is 324 g/mol. The zero-order valence-corrected chi connectivity index (χ0v) is 15.3.